The first-order valence-corrected chi connectivity index (χ1v) is 7.95. The van der Waals surface area contributed by atoms with Crippen LogP contribution in [0, 0.1) is 5.41 Å². The van der Waals surface area contributed by atoms with Crippen LogP contribution in [0.15, 0.2) is 30.8 Å². The Morgan fingerprint density at radius 1 is 1.26 bits per heavy atom. The van der Waals surface area contributed by atoms with Crippen molar-refractivity contribution in [3.8, 4) is 0 Å². The Morgan fingerprint density at radius 2 is 1.87 bits per heavy atom. The third-order valence-corrected chi connectivity index (χ3v) is 4.84. The van der Waals surface area contributed by atoms with Gasteiger partial charge in [0.15, 0.2) is 0 Å². The van der Waals surface area contributed by atoms with E-state index >= 15 is 0 Å². The van der Waals surface area contributed by atoms with Crippen LogP contribution in [0.4, 0.5) is 0 Å². The number of amides is 2. The summed E-state index contributed by atoms with van der Waals surface area (Å²) in [5.74, 6) is -0.438. The predicted octanol–water partition coefficient (Wildman–Crippen LogP) is 2.03. The molecule has 0 fully saturated rings. The van der Waals surface area contributed by atoms with E-state index < -0.39 is 0 Å². The maximum atomic E-state index is 12.4. The fourth-order valence-electron chi connectivity index (χ4n) is 2.77. The molecule has 0 aliphatic carbocycles. The molecular weight excluding hydrogens is 292 g/mol. The number of nitrogens with one attached hydrogen (secondary N) is 1. The molecule has 124 valence electrons. The molecule has 1 aliphatic heterocycles. The normalized spacial score (nSPS) is 14.1. The van der Waals surface area contributed by atoms with Gasteiger partial charge >= 0.3 is 0 Å². The maximum absolute atomic E-state index is 12.4. The van der Waals surface area contributed by atoms with Crippen LogP contribution in [0.25, 0.3) is 5.70 Å². The lowest BCUT2D eigenvalue weighted by Gasteiger charge is -2.30. The lowest BCUT2D eigenvalue weighted by atomic mass is 9.83. The van der Waals surface area contributed by atoms with Crippen molar-refractivity contribution in [2.45, 2.75) is 26.7 Å². The molecule has 1 heterocycles. The predicted molar refractivity (Wildman–Crippen MR) is 89.6 cm³/mol. The van der Waals surface area contributed by atoms with Crippen LogP contribution in [0.1, 0.15) is 42.6 Å². The summed E-state index contributed by atoms with van der Waals surface area (Å²) in [7, 11) is 0. The molecule has 5 heteroatoms. The first kappa shape index (κ1) is 17.2. The average Bonchev–Trinajstić information content (AvgIpc) is 2.82. The highest BCUT2D eigenvalue weighted by molar-refractivity contribution is 6.10. The summed E-state index contributed by atoms with van der Waals surface area (Å²) in [6, 6.07) is 7.22. The lowest BCUT2D eigenvalue weighted by Crippen LogP contribution is -2.43. The van der Waals surface area contributed by atoms with Crippen molar-refractivity contribution in [3.63, 3.8) is 0 Å². The van der Waals surface area contributed by atoms with E-state index in [0.29, 0.717) is 17.8 Å². The SMILES string of the molecule is C=C1c2ccccc2C(=O)N1CC(=O)NCC(CC)(CC)CO. The van der Waals surface area contributed by atoms with Gasteiger partial charge in [0.1, 0.15) is 6.54 Å². The van der Waals surface area contributed by atoms with Gasteiger partial charge in [-0.05, 0) is 18.9 Å². The first-order valence-electron chi connectivity index (χ1n) is 7.95. The Kier molecular flexibility index (Phi) is 5.21. The molecule has 1 aliphatic rings. The minimum absolute atomic E-state index is 0.0288. The van der Waals surface area contributed by atoms with Gasteiger partial charge in [-0.1, -0.05) is 38.6 Å². The fraction of sp³-hybridized carbons (Fsp3) is 0.444. The highest BCUT2D eigenvalue weighted by atomic mass is 16.3. The van der Waals surface area contributed by atoms with Gasteiger partial charge in [0.25, 0.3) is 5.91 Å². The minimum Gasteiger partial charge on any atom is -0.396 e. The monoisotopic (exact) mass is 316 g/mol. The van der Waals surface area contributed by atoms with E-state index in [1.165, 1.54) is 4.90 Å². The van der Waals surface area contributed by atoms with Crippen LogP contribution in [0.3, 0.4) is 0 Å². The van der Waals surface area contributed by atoms with Crippen molar-refractivity contribution in [1.29, 1.82) is 0 Å². The van der Waals surface area contributed by atoms with Crippen molar-refractivity contribution in [1.82, 2.24) is 10.2 Å². The third-order valence-electron chi connectivity index (χ3n) is 4.84. The van der Waals surface area contributed by atoms with Crippen LogP contribution >= 0.6 is 0 Å². The van der Waals surface area contributed by atoms with Crippen molar-refractivity contribution in [2.75, 3.05) is 19.7 Å². The number of fused-ring (bicyclic) bond motifs is 1. The van der Waals surface area contributed by atoms with Gasteiger partial charge in [-0.3, -0.25) is 14.5 Å². The quantitative estimate of drug-likeness (QED) is 0.808. The zero-order valence-electron chi connectivity index (χ0n) is 13.8. The van der Waals surface area contributed by atoms with Gasteiger partial charge in [-0.2, -0.15) is 0 Å². The Morgan fingerprint density at radius 3 is 2.39 bits per heavy atom. The molecule has 0 aromatic heterocycles. The zero-order chi connectivity index (χ0) is 17.0. The van der Waals surface area contributed by atoms with E-state index in [0.717, 1.165) is 18.4 Å². The van der Waals surface area contributed by atoms with Crippen molar-refractivity contribution < 1.29 is 14.7 Å². The number of hydrogen-bond acceptors (Lipinski definition) is 3. The first-order chi connectivity index (χ1) is 11.0. The van der Waals surface area contributed by atoms with Gasteiger partial charge in [0.2, 0.25) is 5.91 Å². The minimum atomic E-state index is -0.301. The molecule has 2 amide bonds. The molecule has 2 rings (SSSR count). The molecule has 5 nitrogen and oxygen atoms in total. The van der Waals surface area contributed by atoms with Crippen molar-refractivity contribution >= 4 is 17.5 Å². The Balaban J connectivity index is 2.00. The largest absolute Gasteiger partial charge is 0.396 e. The summed E-state index contributed by atoms with van der Waals surface area (Å²) in [5.41, 5.74) is 1.61. The summed E-state index contributed by atoms with van der Waals surface area (Å²) >= 11 is 0. The van der Waals surface area contributed by atoms with Gasteiger partial charge in [-0.15, -0.1) is 0 Å². The molecule has 1 aromatic carbocycles. The second kappa shape index (κ2) is 6.96. The molecule has 0 radical (unpaired) electrons. The molecular formula is C18H24N2O3. The van der Waals surface area contributed by atoms with E-state index in [1.807, 2.05) is 26.0 Å². The lowest BCUT2D eigenvalue weighted by molar-refractivity contribution is -0.121. The van der Waals surface area contributed by atoms with E-state index in [2.05, 4.69) is 11.9 Å². The number of benzene rings is 1. The molecule has 0 spiro atoms. The average molecular weight is 316 g/mol. The number of nitrogens with zero attached hydrogens (tertiary/aromatic N) is 1. The van der Waals surface area contributed by atoms with Gasteiger partial charge in [0.05, 0.1) is 6.61 Å². The summed E-state index contributed by atoms with van der Waals surface area (Å²) in [6.45, 7) is 8.29. The van der Waals surface area contributed by atoms with Crippen molar-refractivity contribution in [3.05, 3.63) is 42.0 Å². The van der Waals surface area contributed by atoms with Gasteiger partial charge in [0, 0.05) is 28.8 Å². The topological polar surface area (TPSA) is 69.6 Å². The third kappa shape index (κ3) is 3.29. The molecule has 0 bridgehead atoms. The standard InChI is InChI=1S/C18H24N2O3/c1-4-18(5-2,12-21)11-19-16(22)10-20-13(3)14-8-6-7-9-15(14)17(20)23/h6-9,21H,3-5,10-12H2,1-2H3,(H,19,22). The zero-order valence-corrected chi connectivity index (χ0v) is 13.8. The number of carbonyl (C=O) groups excluding carboxylic acids is 2. The van der Waals surface area contributed by atoms with E-state index in [4.69, 9.17) is 0 Å². The van der Waals surface area contributed by atoms with Crippen molar-refractivity contribution in [2.24, 2.45) is 5.41 Å². The molecule has 0 unspecified atom stereocenters. The Bertz CT molecular complexity index is 577. The fourth-order valence-corrected chi connectivity index (χ4v) is 2.77. The second-order valence-corrected chi connectivity index (χ2v) is 6.03. The van der Waals surface area contributed by atoms with Crippen LogP contribution < -0.4 is 5.32 Å². The van der Waals surface area contributed by atoms with Gasteiger partial charge in [-0.25, -0.2) is 0 Å². The molecule has 1 aromatic rings. The highest BCUT2D eigenvalue weighted by Crippen LogP contribution is 2.30. The van der Waals surface area contributed by atoms with E-state index in [1.54, 1.807) is 12.1 Å². The number of aliphatic hydroxyl groups excluding tert-OH is 1. The van der Waals surface area contributed by atoms with Crippen LogP contribution in [0.2, 0.25) is 0 Å². The molecule has 0 saturated carbocycles. The molecule has 2 N–H and O–H groups in total. The smallest absolute Gasteiger partial charge is 0.259 e. The summed E-state index contributed by atoms with van der Waals surface area (Å²) in [6.07, 6.45) is 1.56. The Hall–Kier alpha value is -2.14. The summed E-state index contributed by atoms with van der Waals surface area (Å²) in [4.78, 5) is 26.0. The number of hydrogen-bond donors (Lipinski definition) is 2. The summed E-state index contributed by atoms with van der Waals surface area (Å²) in [5, 5.41) is 12.4. The number of aliphatic hydroxyl groups is 1. The number of rotatable bonds is 7. The molecule has 0 saturated heterocycles. The van der Waals surface area contributed by atoms with E-state index in [-0.39, 0.29) is 30.4 Å². The Labute approximate surface area is 137 Å². The van der Waals surface area contributed by atoms with Gasteiger partial charge < -0.3 is 10.4 Å². The van der Waals surface area contributed by atoms with E-state index in [9.17, 15) is 14.7 Å². The second-order valence-electron chi connectivity index (χ2n) is 6.03. The van der Waals surface area contributed by atoms with Crippen LogP contribution in [0.5, 0.6) is 0 Å². The maximum Gasteiger partial charge on any atom is 0.259 e. The molecule has 0 atom stereocenters. The highest BCUT2D eigenvalue weighted by Gasteiger charge is 2.32. The van der Waals surface area contributed by atoms with Crippen LogP contribution in [-0.4, -0.2) is 41.5 Å². The number of carbonyl (C=O) groups is 2. The summed E-state index contributed by atoms with van der Waals surface area (Å²) < 4.78 is 0. The van der Waals surface area contributed by atoms with Crippen LogP contribution in [-0.2, 0) is 4.79 Å². The molecule has 23 heavy (non-hydrogen) atoms.